The molecule has 0 aliphatic carbocycles. The Hall–Kier alpha value is -1.81. The van der Waals surface area contributed by atoms with Crippen LogP contribution in [0.15, 0.2) is 34.9 Å². The number of hydrogen-bond donors (Lipinski definition) is 1. The Morgan fingerprint density at radius 3 is 2.71 bits per heavy atom. The Balaban J connectivity index is 2.02. The molecule has 1 N–H and O–H groups in total. The molecule has 0 saturated heterocycles. The average Bonchev–Trinajstić information content (AvgIpc) is 2.90. The summed E-state index contributed by atoms with van der Waals surface area (Å²) in [6.07, 6.45) is 0. The molecule has 1 aromatic carbocycles. The zero-order valence-corrected chi connectivity index (χ0v) is 13.3. The minimum atomic E-state index is 0.0498. The van der Waals surface area contributed by atoms with E-state index in [1.165, 1.54) is 5.56 Å². The van der Waals surface area contributed by atoms with Crippen molar-refractivity contribution in [2.75, 3.05) is 6.54 Å². The fourth-order valence-electron chi connectivity index (χ4n) is 2.12. The number of benzene rings is 1. The van der Waals surface area contributed by atoms with Gasteiger partial charge in [-0.15, -0.1) is 0 Å². The standard InChI is InChI=1S/C17H24N2O2/c1-5-18-11-13-10-14(21-19-13)12-20-16-9-7-6-8-15(16)17(2,3)4/h6-10,18H,5,11-12H2,1-4H3. The fraction of sp³-hybridized carbons (Fsp3) is 0.471. The molecular formula is C17H24N2O2. The minimum Gasteiger partial charge on any atom is -0.485 e. The van der Waals surface area contributed by atoms with Gasteiger partial charge >= 0.3 is 0 Å². The van der Waals surface area contributed by atoms with Crippen molar-refractivity contribution in [2.24, 2.45) is 0 Å². The molecule has 1 heterocycles. The van der Waals surface area contributed by atoms with Gasteiger partial charge in [0.1, 0.15) is 12.4 Å². The van der Waals surface area contributed by atoms with Crippen molar-refractivity contribution in [3.05, 3.63) is 47.3 Å². The van der Waals surface area contributed by atoms with Crippen LogP contribution in [0.2, 0.25) is 0 Å². The number of para-hydroxylation sites is 1. The van der Waals surface area contributed by atoms with Crippen molar-refractivity contribution in [1.29, 1.82) is 0 Å². The van der Waals surface area contributed by atoms with Crippen molar-refractivity contribution in [1.82, 2.24) is 10.5 Å². The van der Waals surface area contributed by atoms with Crippen LogP contribution in [0.1, 0.15) is 44.7 Å². The third-order valence-corrected chi connectivity index (χ3v) is 3.23. The topological polar surface area (TPSA) is 47.3 Å². The maximum atomic E-state index is 5.91. The van der Waals surface area contributed by atoms with Gasteiger partial charge in [-0.2, -0.15) is 0 Å². The molecule has 0 amide bonds. The molecule has 2 aromatic rings. The van der Waals surface area contributed by atoms with Crippen molar-refractivity contribution >= 4 is 0 Å². The average molecular weight is 288 g/mol. The summed E-state index contributed by atoms with van der Waals surface area (Å²) in [4.78, 5) is 0. The summed E-state index contributed by atoms with van der Waals surface area (Å²) in [5, 5.41) is 7.24. The highest BCUT2D eigenvalue weighted by Crippen LogP contribution is 2.31. The molecule has 21 heavy (non-hydrogen) atoms. The monoisotopic (exact) mass is 288 g/mol. The third-order valence-electron chi connectivity index (χ3n) is 3.23. The molecule has 0 aliphatic heterocycles. The van der Waals surface area contributed by atoms with E-state index >= 15 is 0 Å². The van der Waals surface area contributed by atoms with E-state index in [-0.39, 0.29) is 5.41 Å². The van der Waals surface area contributed by atoms with Crippen LogP contribution in [0, 0.1) is 0 Å². The molecule has 0 radical (unpaired) electrons. The highest BCUT2D eigenvalue weighted by molar-refractivity contribution is 5.38. The van der Waals surface area contributed by atoms with E-state index in [2.05, 4.69) is 44.2 Å². The first kappa shape index (κ1) is 15.6. The fourth-order valence-corrected chi connectivity index (χ4v) is 2.12. The number of nitrogens with one attached hydrogen (secondary N) is 1. The molecule has 0 spiro atoms. The smallest absolute Gasteiger partial charge is 0.174 e. The van der Waals surface area contributed by atoms with E-state index in [9.17, 15) is 0 Å². The summed E-state index contributed by atoms with van der Waals surface area (Å²) in [6, 6.07) is 10.1. The molecule has 0 saturated carbocycles. The summed E-state index contributed by atoms with van der Waals surface area (Å²) >= 11 is 0. The van der Waals surface area contributed by atoms with Gasteiger partial charge in [0.15, 0.2) is 5.76 Å². The van der Waals surface area contributed by atoms with Crippen molar-refractivity contribution in [3.63, 3.8) is 0 Å². The van der Waals surface area contributed by atoms with Gasteiger partial charge in [0, 0.05) is 12.6 Å². The van der Waals surface area contributed by atoms with Crippen LogP contribution in [0.25, 0.3) is 0 Å². The molecule has 114 valence electrons. The molecule has 4 heteroatoms. The summed E-state index contributed by atoms with van der Waals surface area (Å²) in [7, 11) is 0. The Kier molecular flexibility index (Phi) is 5.02. The van der Waals surface area contributed by atoms with Gasteiger partial charge < -0.3 is 14.6 Å². The van der Waals surface area contributed by atoms with Gasteiger partial charge in [0.05, 0.1) is 5.69 Å². The van der Waals surface area contributed by atoms with Gasteiger partial charge in [-0.25, -0.2) is 0 Å². The van der Waals surface area contributed by atoms with E-state index in [1.807, 2.05) is 24.3 Å². The summed E-state index contributed by atoms with van der Waals surface area (Å²) in [5.41, 5.74) is 2.14. The summed E-state index contributed by atoms with van der Waals surface area (Å²) < 4.78 is 11.2. The van der Waals surface area contributed by atoms with Crippen molar-refractivity contribution in [3.8, 4) is 5.75 Å². The van der Waals surface area contributed by atoms with Crippen LogP contribution < -0.4 is 10.1 Å². The largest absolute Gasteiger partial charge is 0.485 e. The van der Waals surface area contributed by atoms with Crippen molar-refractivity contribution < 1.29 is 9.26 Å². The molecule has 0 aliphatic rings. The van der Waals surface area contributed by atoms with Crippen LogP contribution >= 0.6 is 0 Å². The van der Waals surface area contributed by atoms with Crippen LogP contribution in [0.4, 0.5) is 0 Å². The lowest BCUT2D eigenvalue weighted by atomic mass is 9.86. The molecular weight excluding hydrogens is 264 g/mol. The Morgan fingerprint density at radius 1 is 1.24 bits per heavy atom. The second-order valence-electron chi connectivity index (χ2n) is 6.10. The predicted molar refractivity (Wildman–Crippen MR) is 83.4 cm³/mol. The predicted octanol–water partition coefficient (Wildman–Crippen LogP) is 3.66. The lowest BCUT2D eigenvalue weighted by molar-refractivity contribution is 0.244. The Bertz CT molecular complexity index is 570. The maximum Gasteiger partial charge on any atom is 0.174 e. The summed E-state index contributed by atoms with van der Waals surface area (Å²) in [6.45, 7) is 10.6. The SMILES string of the molecule is CCNCc1cc(COc2ccccc2C(C)(C)C)on1. The highest BCUT2D eigenvalue weighted by atomic mass is 16.5. The van der Waals surface area contributed by atoms with Gasteiger partial charge in [-0.05, 0) is 23.6 Å². The van der Waals surface area contributed by atoms with Gasteiger partial charge in [-0.3, -0.25) is 0 Å². The molecule has 0 bridgehead atoms. The van der Waals surface area contributed by atoms with Gasteiger partial charge in [0.2, 0.25) is 0 Å². The first-order chi connectivity index (χ1) is 10.0. The number of hydrogen-bond acceptors (Lipinski definition) is 4. The second-order valence-corrected chi connectivity index (χ2v) is 6.10. The number of aromatic nitrogens is 1. The van der Waals surface area contributed by atoms with Crippen LogP contribution in [-0.2, 0) is 18.6 Å². The van der Waals surface area contributed by atoms with E-state index < -0.39 is 0 Å². The normalized spacial score (nSPS) is 11.6. The highest BCUT2D eigenvalue weighted by Gasteiger charge is 2.18. The van der Waals surface area contributed by atoms with E-state index in [4.69, 9.17) is 9.26 Å². The molecule has 2 rings (SSSR count). The second kappa shape index (κ2) is 6.76. The van der Waals surface area contributed by atoms with Crippen LogP contribution in [0.3, 0.4) is 0 Å². The van der Waals surface area contributed by atoms with Gasteiger partial charge in [-0.1, -0.05) is 51.1 Å². The number of rotatable bonds is 6. The zero-order chi connectivity index (χ0) is 15.3. The maximum absolute atomic E-state index is 5.91. The van der Waals surface area contributed by atoms with E-state index in [0.717, 1.165) is 30.3 Å². The zero-order valence-electron chi connectivity index (χ0n) is 13.3. The Labute approximate surface area is 126 Å². The van der Waals surface area contributed by atoms with Crippen LogP contribution in [0.5, 0.6) is 5.75 Å². The Morgan fingerprint density at radius 2 is 2.00 bits per heavy atom. The lowest BCUT2D eigenvalue weighted by Gasteiger charge is -2.22. The number of ether oxygens (including phenoxy) is 1. The van der Waals surface area contributed by atoms with E-state index in [0.29, 0.717) is 6.61 Å². The minimum absolute atomic E-state index is 0.0498. The van der Waals surface area contributed by atoms with Crippen molar-refractivity contribution in [2.45, 2.75) is 46.3 Å². The number of nitrogens with zero attached hydrogens (tertiary/aromatic N) is 1. The quantitative estimate of drug-likeness (QED) is 0.881. The first-order valence-corrected chi connectivity index (χ1v) is 7.38. The molecule has 4 nitrogen and oxygen atoms in total. The first-order valence-electron chi connectivity index (χ1n) is 7.38. The third kappa shape index (κ3) is 4.33. The summed E-state index contributed by atoms with van der Waals surface area (Å²) in [5.74, 6) is 1.64. The molecule has 1 aromatic heterocycles. The lowest BCUT2D eigenvalue weighted by Crippen LogP contribution is -2.13. The molecule has 0 unspecified atom stereocenters. The van der Waals surface area contributed by atoms with E-state index in [1.54, 1.807) is 0 Å². The van der Waals surface area contributed by atoms with Gasteiger partial charge in [0.25, 0.3) is 0 Å². The molecule has 0 fully saturated rings. The van der Waals surface area contributed by atoms with Crippen LogP contribution in [-0.4, -0.2) is 11.7 Å². The molecule has 0 atom stereocenters.